The molecular weight excluding hydrogens is 462 g/mol. The van der Waals surface area contributed by atoms with Crippen molar-refractivity contribution in [1.29, 1.82) is 0 Å². The van der Waals surface area contributed by atoms with Gasteiger partial charge in [0.05, 0.1) is 5.39 Å². The Balaban J connectivity index is 1.32. The molecule has 3 aliphatic heterocycles. The van der Waals surface area contributed by atoms with Crippen LogP contribution in [0.2, 0.25) is 0 Å². The average molecular weight is 502 g/mol. The molecule has 5 atom stereocenters. The Morgan fingerprint density at radius 2 is 2.00 bits per heavy atom. The summed E-state index contributed by atoms with van der Waals surface area (Å²) in [7, 11) is 0. The SMILES string of the molecule is CC(C)(C)OC(=O)CCC1CCCCN1C[C@H]1O[C@@H](n2ccc3c(N)ncnc32)[C@@H]2OC(C)(C)O[C@@H]21. The molecule has 10 nitrogen and oxygen atoms in total. The van der Waals surface area contributed by atoms with E-state index >= 15 is 0 Å². The zero-order valence-corrected chi connectivity index (χ0v) is 22.0. The molecule has 0 bridgehead atoms. The number of hydrogen-bond donors (Lipinski definition) is 1. The van der Waals surface area contributed by atoms with Gasteiger partial charge in [-0.25, -0.2) is 9.97 Å². The molecule has 0 saturated carbocycles. The first kappa shape index (κ1) is 25.4. The third-order valence-electron chi connectivity index (χ3n) is 7.20. The van der Waals surface area contributed by atoms with E-state index in [1.54, 1.807) is 0 Å². The minimum Gasteiger partial charge on any atom is -0.460 e. The molecule has 0 radical (unpaired) electrons. The van der Waals surface area contributed by atoms with Crippen LogP contribution in [0.25, 0.3) is 11.0 Å². The van der Waals surface area contributed by atoms with Gasteiger partial charge >= 0.3 is 5.97 Å². The summed E-state index contributed by atoms with van der Waals surface area (Å²) in [5, 5.41) is 0.789. The lowest BCUT2D eigenvalue weighted by Gasteiger charge is -2.38. The van der Waals surface area contributed by atoms with Crippen molar-refractivity contribution in [2.45, 2.75) is 109 Å². The summed E-state index contributed by atoms with van der Waals surface area (Å²) in [5.41, 5.74) is 6.32. The van der Waals surface area contributed by atoms with Gasteiger partial charge in [-0.3, -0.25) is 9.69 Å². The quantitative estimate of drug-likeness (QED) is 0.595. The number of fused-ring (bicyclic) bond motifs is 2. The number of nitrogens with zero attached hydrogens (tertiary/aromatic N) is 4. The van der Waals surface area contributed by atoms with Crippen molar-refractivity contribution in [1.82, 2.24) is 19.4 Å². The van der Waals surface area contributed by atoms with E-state index < -0.39 is 17.6 Å². The van der Waals surface area contributed by atoms with Crippen LogP contribution in [-0.2, 0) is 23.7 Å². The first-order valence-corrected chi connectivity index (χ1v) is 13.0. The van der Waals surface area contributed by atoms with Crippen LogP contribution in [0, 0.1) is 0 Å². The third-order valence-corrected chi connectivity index (χ3v) is 7.20. The number of anilines is 1. The predicted molar refractivity (Wildman–Crippen MR) is 134 cm³/mol. The van der Waals surface area contributed by atoms with E-state index in [-0.39, 0.29) is 24.3 Å². The molecule has 3 fully saturated rings. The standard InChI is InChI=1S/C26H39N5O5/c1-25(2,3)34-19(32)10-9-16-8-6-7-12-30(16)14-18-20-21(36-26(4,5)35-20)24(33-18)31-13-11-17-22(27)28-15-29-23(17)31/h11,13,15-16,18,20-21,24H,6-10,12,14H2,1-5H3,(H2,27,28,29)/t16?,18-,20-,21-,24-/m1/s1. The van der Waals surface area contributed by atoms with Crippen molar-refractivity contribution in [2.75, 3.05) is 18.8 Å². The number of carbonyl (C=O) groups is 1. The molecule has 3 aliphatic rings. The van der Waals surface area contributed by atoms with Crippen LogP contribution in [-0.4, -0.2) is 74.2 Å². The van der Waals surface area contributed by atoms with E-state index in [0.717, 1.165) is 31.2 Å². The maximum atomic E-state index is 12.4. The lowest BCUT2D eigenvalue weighted by atomic mass is 9.96. The molecule has 1 unspecified atom stereocenters. The van der Waals surface area contributed by atoms with Gasteiger partial charge in [-0.2, -0.15) is 0 Å². The van der Waals surface area contributed by atoms with E-state index in [1.807, 2.05) is 51.4 Å². The highest BCUT2D eigenvalue weighted by molar-refractivity contribution is 5.86. The normalized spacial score (nSPS) is 30.5. The van der Waals surface area contributed by atoms with E-state index in [0.29, 0.717) is 30.5 Å². The first-order valence-electron chi connectivity index (χ1n) is 13.0. The molecule has 5 heterocycles. The lowest BCUT2D eigenvalue weighted by Crippen LogP contribution is -2.47. The van der Waals surface area contributed by atoms with Gasteiger partial charge in [0, 0.05) is 25.2 Å². The van der Waals surface area contributed by atoms with Gasteiger partial charge in [0.2, 0.25) is 0 Å². The number of likely N-dealkylation sites (tertiary alicyclic amines) is 1. The van der Waals surface area contributed by atoms with Crippen LogP contribution in [0.4, 0.5) is 5.82 Å². The Morgan fingerprint density at radius 1 is 1.22 bits per heavy atom. The van der Waals surface area contributed by atoms with Gasteiger partial charge in [0.1, 0.15) is 41.7 Å². The van der Waals surface area contributed by atoms with Gasteiger partial charge in [-0.15, -0.1) is 0 Å². The highest BCUT2D eigenvalue weighted by Gasteiger charge is 2.56. The molecule has 0 aromatic carbocycles. The highest BCUT2D eigenvalue weighted by atomic mass is 16.8. The van der Waals surface area contributed by atoms with Crippen LogP contribution in [0.3, 0.4) is 0 Å². The number of hydrogen-bond acceptors (Lipinski definition) is 9. The van der Waals surface area contributed by atoms with Crippen molar-refractivity contribution in [3.63, 3.8) is 0 Å². The Bertz CT molecular complexity index is 1100. The fourth-order valence-electron chi connectivity index (χ4n) is 5.76. The summed E-state index contributed by atoms with van der Waals surface area (Å²) in [6, 6.07) is 2.22. The summed E-state index contributed by atoms with van der Waals surface area (Å²) >= 11 is 0. The number of ether oxygens (including phenoxy) is 4. The van der Waals surface area contributed by atoms with Crippen molar-refractivity contribution >= 4 is 22.8 Å². The Hall–Kier alpha value is -2.27. The molecule has 5 rings (SSSR count). The predicted octanol–water partition coefficient (Wildman–Crippen LogP) is 3.41. The number of nitrogens with two attached hydrogens (primary N) is 1. The highest BCUT2D eigenvalue weighted by Crippen LogP contribution is 2.44. The minimum atomic E-state index is -0.704. The van der Waals surface area contributed by atoms with E-state index in [2.05, 4.69) is 14.9 Å². The third kappa shape index (κ3) is 5.22. The van der Waals surface area contributed by atoms with Gasteiger partial charge in [-0.1, -0.05) is 6.42 Å². The zero-order chi connectivity index (χ0) is 25.7. The number of esters is 1. The topological polar surface area (TPSA) is 114 Å². The Morgan fingerprint density at radius 3 is 2.78 bits per heavy atom. The molecule has 36 heavy (non-hydrogen) atoms. The molecule has 198 valence electrons. The molecule has 0 amide bonds. The molecular formula is C26H39N5O5. The fourth-order valence-corrected chi connectivity index (χ4v) is 5.76. The van der Waals surface area contributed by atoms with Crippen LogP contribution in [0.5, 0.6) is 0 Å². The van der Waals surface area contributed by atoms with Crippen LogP contribution >= 0.6 is 0 Å². The number of aromatic nitrogens is 3. The molecule has 0 aliphatic carbocycles. The number of rotatable bonds is 6. The Labute approximate surface area is 212 Å². The van der Waals surface area contributed by atoms with E-state index in [9.17, 15) is 4.79 Å². The second kappa shape index (κ2) is 9.55. The maximum Gasteiger partial charge on any atom is 0.306 e. The fraction of sp³-hybridized carbons (Fsp3) is 0.731. The number of carbonyl (C=O) groups excluding carboxylic acids is 1. The van der Waals surface area contributed by atoms with Gasteiger partial charge < -0.3 is 29.2 Å². The summed E-state index contributed by atoms with van der Waals surface area (Å²) in [6.45, 7) is 11.3. The summed E-state index contributed by atoms with van der Waals surface area (Å²) in [4.78, 5) is 23.4. The zero-order valence-electron chi connectivity index (χ0n) is 22.0. The van der Waals surface area contributed by atoms with Crippen molar-refractivity contribution < 1.29 is 23.7 Å². The summed E-state index contributed by atoms with van der Waals surface area (Å²) in [6.07, 6.45) is 6.90. The summed E-state index contributed by atoms with van der Waals surface area (Å²) < 4.78 is 26.8. The average Bonchev–Trinajstić information content (AvgIpc) is 3.44. The van der Waals surface area contributed by atoms with Gasteiger partial charge in [0.25, 0.3) is 0 Å². The Kier molecular flexibility index (Phi) is 6.74. The largest absolute Gasteiger partial charge is 0.460 e. The summed E-state index contributed by atoms with van der Waals surface area (Å²) in [5.74, 6) is -0.403. The maximum absolute atomic E-state index is 12.4. The van der Waals surface area contributed by atoms with Gasteiger partial charge in [0.15, 0.2) is 12.0 Å². The van der Waals surface area contributed by atoms with Crippen LogP contribution in [0.1, 0.15) is 73.0 Å². The van der Waals surface area contributed by atoms with Crippen LogP contribution in [0.15, 0.2) is 18.6 Å². The number of nitrogen functional groups attached to an aromatic ring is 1. The second-order valence-corrected chi connectivity index (χ2v) is 11.6. The van der Waals surface area contributed by atoms with Crippen LogP contribution < -0.4 is 5.73 Å². The molecule has 10 heteroatoms. The van der Waals surface area contributed by atoms with E-state index in [4.69, 9.17) is 24.7 Å². The first-order chi connectivity index (χ1) is 17.0. The molecule has 2 N–H and O–H groups in total. The minimum absolute atomic E-state index is 0.139. The van der Waals surface area contributed by atoms with E-state index in [1.165, 1.54) is 12.7 Å². The monoisotopic (exact) mass is 501 g/mol. The van der Waals surface area contributed by atoms with Gasteiger partial charge in [-0.05, 0) is 66.5 Å². The van der Waals surface area contributed by atoms with Crippen molar-refractivity contribution in [2.24, 2.45) is 0 Å². The molecule has 0 spiro atoms. The molecule has 2 aromatic rings. The number of piperidine rings is 1. The lowest BCUT2D eigenvalue weighted by molar-refractivity contribution is -0.198. The smallest absolute Gasteiger partial charge is 0.306 e. The van der Waals surface area contributed by atoms with Crippen molar-refractivity contribution in [3.05, 3.63) is 18.6 Å². The molecule has 2 aromatic heterocycles. The second-order valence-electron chi connectivity index (χ2n) is 11.6. The van der Waals surface area contributed by atoms with Crippen molar-refractivity contribution in [3.8, 4) is 0 Å². The molecule has 3 saturated heterocycles.